The molecule has 1 aliphatic heterocycles. The van der Waals surface area contributed by atoms with Gasteiger partial charge in [-0.1, -0.05) is 0 Å². The van der Waals surface area contributed by atoms with Crippen LogP contribution in [0.2, 0.25) is 0 Å². The molecule has 0 amide bonds. The summed E-state index contributed by atoms with van der Waals surface area (Å²) >= 11 is 0. The molecule has 1 saturated heterocycles. The molecule has 1 unspecified atom stereocenters. The highest BCUT2D eigenvalue weighted by atomic mass is 16.5. The zero-order chi connectivity index (χ0) is 13.0. The fraction of sp³-hybridized carbons (Fsp3) is 0.462. The summed E-state index contributed by atoms with van der Waals surface area (Å²) in [5.74, 6) is -0.580. The molecule has 0 aliphatic carbocycles. The molecule has 0 saturated carbocycles. The number of benzene rings is 1. The minimum atomic E-state index is -0.978. The zero-order valence-corrected chi connectivity index (χ0v) is 10.3. The van der Waals surface area contributed by atoms with Gasteiger partial charge in [0.05, 0.1) is 19.3 Å². The van der Waals surface area contributed by atoms with Crippen LogP contribution in [-0.2, 0) is 4.74 Å². The van der Waals surface area contributed by atoms with Crippen LogP contribution in [0.25, 0.3) is 0 Å². The van der Waals surface area contributed by atoms with Crippen LogP contribution in [0, 0.1) is 0 Å². The van der Waals surface area contributed by atoms with Crippen molar-refractivity contribution in [1.29, 1.82) is 0 Å². The standard InChI is InChI=1S/C13H17NO4/c1-2-18-12-7-9(3-4-11(12)13(15)16)14-10-5-6-17-8-10/h3-4,7,10,14H,2,5-6,8H2,1H3,(H,15,16). The Morgan fingerprint density at radius 3 is 3.06 bits per heavy atom. The van der Waals surface area contributed by atoms with Crippen molar-refractivity contribution in [2.24, 2.45) is 0 Å². The summed E-state index contributed by atoms with van der Waals surface area (Å²) in [6.07, 6.45) is 0.963. The summed E-state index contributed by atoms with van der Waals surface area (Å²) in [5, 5.41) is 12.4. The van der Waals surface area contributed by atoms with Crippen LogP contribution < -0.4 is 10.1 Å². The molecule has 2 rings (SSSR count). The van der Waals surface area contributed by atoms with Crippen molar-refractivity contribution in [2.75, 3.05) is 25.1 Å². The van der Waals surface area contributed by atoms with Gasteiger partial charge in [0.25, 0.3) is 0 Å². The molecule has 18 heavy (non-hydrogen) atoms. The van der Waals surface area contributed by atoms with Crippen molar-refractivity contribution in [3.63, 3.8) is 0 Å². The van der Waals surface area contributed by atoms with Crippen molar-refractivity contribution in [2.45, 2.75) is 19.4 Å². The lowest BCUT2D eigenvalue weighted by Gasteiger charge is -2.14. The van der Waals surface area contributed by atoms with Gasteiger partial charge in [0.1, 0.15) is 11.3 Å². The Hall–Kier alpha value is -1.75. The summed E-state index contributed by atoms with van der Waals surface area (Å²) in [5.41, 5.74) is 1.05. The molecule has 98 valence electrons. The maximum Gasteiger partial charge on any atom is 0.339 e. The third-order valence-electron chi connectivity index (χ3n) is 2.81. The number of aromatic carboxylic acids is 1. The first-order valence-corrected chi connectivity index (χ1v) is 6.05. The summed E-state index contributed by atoms with van der Waals surface area (Å²) in [6, 6.07) is 5.33. The molecule has 1 aromatic carbocycles. The lowest BCUT2D eigenvalue weighted by atomic mass is 10.1. The second-order valence-electron chi connectivity index (χ2n) is 4.15. The highest BCUT2D eigenvalue weighted by Crippen LogP contribution is 2.25. The fourth-order valence-electron chi connectivity index (χ4n) is 1.95. The van der Waals surface area contributed by atoms with Gasteiger partial charge in [-0.15, -0.1) is 0 Å². The van der Waals surface area contributed by atoms with Gasteiger partial charge < -0.3 is 19.9 Å². The third kappa shape index (κ3) is 2.92. The predicted octanol–water partition coefficient (Wildman–Crippen LogP) is 1.98. The molecule has 0 bridgehead atoms. The van der Waals surface area contributed by atoms with Crippen LogP contribution in [0.5, 0.6) is 5.75 Å². The molecular weight excluding hydrogens is 234 g/mol. The molecule has 0 aromatic heterocycles. The summed E-state index contributed by atoms with van der Waals surface area (Å²) in [4.78, 5) is 11.0. The average Bonchev–Trinajstić information content (AvgIpc) is 2.82. The average molecular weight is 251 g/mol. The van der Waals surface area contributed by atoms with Gasteiger partial charge in [0, 0.05) is 18.4 Å². The molecule has 5 nitrogen and oxygen atoms in total. The van der Waals surface area contributed by atoms with E-state index in [2.05, 4.69) is 5.32 Å². The Morgan fingerprint density at radius 2 is 2.44 bits per heavy atom. The lowest BCUT2D eigenvalue weighted by Crippen LogP contribution is -2.19. The number of carboxylic acid groups (broad SMARTS) is 1. The minimum absolute atomic E-state index is 0.185. The van der Waals surface area contributed by atoms with Crippen molar-refractivity contribution in [3.05, 3.63) is 23.8 Å². The van der Waals surface area contributed by atoms with E-state index < -0.39 is 5.97 Å². The monoisotopic (exact) mass is 251 g/mol. The van der Waals surface area contributed by atoms with E-state index in [4.69, 9.17) is 14.6 Å². The van der Waals surface area contributed by atoms with Crippen molar-refractivity contribution in [3.8, 4) is 5.75 Å². The second kappa shape index (κ2) is 5.73. The van der Waals surface area contributed by atoms with Crippen molar-refractivity contribution in [1.82, 2.24) is 0 Å². The van der Waals surface area contributed by atoms with E-state index in [1.165, 1.54) is 0 Å². The fourth-order valence-corrected chi connectivity index (χ4v) is 1.95. The first kappa shape index (κ1) is 12.7. The van der Waals surface area contributed by atoms with E-state index in [1.807, 2.05) is 6.92 Å². The quantitative estimate of drug-likeness (QED) is 0.837. The summed E-state index contributed by atoms with van der Waals surface area (Å²) < 4.78 is 10.6. The largest absolute Gasteiger partial charge is 0.493 e. The Balaban J connectivity index is 2.16. The van der Waals surface area contributed by atoms with E-state index in [9.17, 15) is 4.79 Å². The molecule has 0 radical (unpaired) electrons. The molecule has 1 aromatic rings. The number of anilines is 1. The molecule has 5 heteroatoms. The van der Waals surface area contributed by atoms with Gasteiger partial charge >= 0.3 is 5.97 Å². The van der Waals surface area contributed by atoms with Gasteiger partial charge in [0.2, 0.25) is 0 Å². The van der Waals surface area contributed by atoms with Crippen LogP contribution in [-0.4, -0.2) is 36.9 Å². The summed E-state index contributed by atoms with van der Waals surface area (Å²) in [7, 11) is 0. The minimum Gasteiger partial charge on any atom is -0.493 e. The number of hydrogen-bond acceptors (Lipinski definition) is 4. The van der Waals surface area contributed by atoms with Crippen LogP contribution in [0.15, 0.2) is 18.2 Å². The Labute approximate surface area is 106 Å². The highest BCUT2D eigenvalue weighted by Gasteiger charge is 2.17. The third-order valence-corrected chi connectivity index (χ3v) is 2.81. The molecule has 1 atom stereocenters. The molecular formula is C13H17NO4. The van der Waals surface area contributed by atoms with E-state index in [-0.39, 0.29) is 11.6 Å². The first-order valence-electron chi connectivity index (χ1n) is 6.05. The Morgan fingerprint density at radius 1 is 1.61 bits per heavy atom. The lowest BCUT2D eigenvalue weighted by molar-refractivity contribution is 0.0692. The molecule has 1 fully saturated rings. The summed E-state index contributed by atoms with van der Waals surface area (Å²) in [6.45, 7) is 3.72. The van der Waals surface area contributed by atoms with Gasteiger partial charge in [-0.05, 0) is 25.5 Å². The van der Waals surface area contributed by atoms with E-state index in [1.54, 1.807) is 18.2 Å². The predicted molar refractivity (Wildman–Crippen MR) is 67.4 cm³/mol. The van der Waals surface area contributed by atoms with E-state index in [0.29, 0.717) is 19.0 Å². The van der Waals surface area contributed by atoms with Crippen LogP contribution in [0.4, 0.5) is 5.69 Å². The number of rotatable bonds is 5. The van der Waals surface area contributed by atoms with Crippen molar-refractivity contribution < 1.29 is 19.4 Å². The van der Waals surface area contributed by atoms with Gasteiger partial charge in [0.15, 0.2) is 0 Å². The van der Waals surface area contributed by atoms with Crippen LogP contribution in [0.1, 0.15) is 23.7 Å². The Bertz CT molecular complexity index is 427. The highest BCUT2D eigenvalue weighted by molar-refractivity contribution is 5.91. The van der Waals surface area contributed by atoms with E-state index >= 15 is 0 Å². The smallest absolute Gasteiger partial charge is 0.339 e. The molecule has 2 N–H and O–H groups in total. The molecule has 1 heterocycles. The second-order valence-corrected chi connectivity index (χ2v) is 4.15. The first-order chi connectivity index (χ1) is 8.70. The van der Waals surface area contributed by atoms with Crippen molar-refractivity contribution >= 4 is 11.7 Å². The molecule has 1 aliphatic rings. The van der Waals surface area contributed by atoms with E-state index in [0.717, 1.165) is 18.7 Å². The zero-order valence-electron chi connectivity index (χ0n) is 10.3. The molecule has 0 spiro atoms. The number of ether oxygens (including phenoxy) is 2. The van der Waals surface area contributed by atoms with Gasteiger partial charge in [-0.25, -0.2) is 4.79 Å². The topological polar surface area (TPSA) is 67.8 Å². The van der Waals surface area contributed by atoms with Gasteiger partial charge in [-0.2, -0.15) is 0 Å². The SMILES string of the molecule is CCOc1cc(NC2CCOC2)ccc1C(=O)O. The number of carbonyl (C=O) groups is 1. The number of hydrogen-bond donors (Lipinski definition) is 2. The number of nitrogens with one attached hydrogen (secondary N) is 1. The van der Waals surface area contributed by atoms with Crippen LogP contribution in [0.3, 0.4) is 0 Å². The Kier molecular flexibility index (Phi) is 4.04. The normalized spacial score (nSPS) is 18.6. The van der Waals surface area contributed by atoms with Crippen LogP contribution >= 0.6 is 0 Å². The maximum atomic E-state index is 11.0. The number of carboxylic acids is 1. The maximum absolute atomic E-state index is 11.0. The van der Waals surface area contributed by atoms with Gasteiger partial charge in [-0.3, -0.25) is 0 Å².